The van der Waals surface area contributed by atoms with Crippen LogP contribution < -0.4 is 0 Å². The van der Waals surface area contributed by atoms with Crippen LogP contribution in [0.3, 0.4) is 0 Å². The molecule has 3 aromatic carbocycles. The number of benzene rings is 3. The smallest absolute Gasteiger partial charge is 0.142 e. The Bertz CT molecular complexity index is 1740. The molecule has 0 bridgehead atoms. The van der Waals surface area contributed by atoms with Crippen molar-refractivity contribution in [2.75, 3.05) is 0 Å². The minimum Gasteiger partial charge on any atom is -0.464 e. The lowest BCUT2D eigenvalue weighted by atomic mass is 9.92. The van der Waals surface area contributed by atoms with Crippen molar-refractivity contribution < 1.29 is 4.42 Å². The molecule has 4 heteroatoms. The quantitative estimate of drug-likeness (QED) is 0.285. The Kier molecular flexibility index (Phi) is 4.62. The van der Waals surface area contributed by atoms with Gasteiger partial charge in [-0.3, -0.25) is 4.99 Å². The highest BCUT2D eigenvalue weighted by Gasteiger charge is 2.28. The number of nitrogens with one attached hydrogen (secondary N) is 1. The van der Waals surface area contributed by atoms with Gasteiger partial charge in [-0.05, 0) is 57.2 Å². The fraction of sp³-hybridized carbons (Fsp3) is 0.250. The zero-order valence-corrected chi connectivity index (χ0v) is 21.1. The maximum absolute atomic E-state index is 6.07. The van der Waals surface area contributed by atoms with E-state index in [9.17, 15) is 0 Å². The summed E-state index contributed by atoms with van der Waals surface area (Å²) in [6.45, 7) is 8.77. The van der Waals surface area contributed by atoms with E-state index in [0.29, 0.717) is 11.8 Å². The van der Waals surface area contributed by atoms with Gasteiger partial charge in [0.1, 0.15) is 11.4 Å². The molecule has 36 heavy (non-hydrogen) atoms. The third-order valence-electron chi connectivity index (χ3n) is 7.76. The summed E-state index contributed by atoms with van der Waals surface area (Å²) in [6.07, 6.45) is 5.66. The number of aromatic nitrogens is 2. The summed E-state index contributed by atoms with van der Waals surface area (Å²) in [6, 6.07) is 17.9. The molecule has 0 unspecified atom stereocenters. The van der Waals surface area contributed by atoms with Crippen molar-refractivity contribution in [3.63, 3.8) is 0 Å². The number of rotatable bonds is 4. The van der Waals surface area contributed by atoms with E-state index in [1.54, 1.807) is 6.26 Å². The third-order valence-corrected chi connectivity index (χ3v) is 7.76. The van der Waals surface area contributed by atoms with E-state index in [2.05, 4.69) is 86.2 Å². The number of aromatic amines is 1. The number of allylic oxidation sites excluding steroid dienone is 2. The van der Waals surface area contributed by atoms with Gasteiger partial charge in [0.05, 0.1) is 18.2 Å². The number of H-pyrrole nitrogens is 1. The normalized spacial score (nSPS) is 15.0. The molecule has 5 aromatic rings. The maximum Gasteiger partial charge on any atom is 0.142 e. The Morgan fingerprint density at radius 2 is 1.69 bits per heavy atom. The van der Waals surface area contributed by atoms with E-state index in [4.69, 9.17) is 9.41 Å². The summed E-state index contributed by atoms with van der Waals surface area (Å²) in [5.74, 6) is 1.89. The second kappa shape index (κ2) is 7.79. The van der Waals surface area contributed by atoms with E-state index in [0.717, 1.165) is 46.5 Å². The number of aliphatic imine (C=N–C) groups is 1. The molecule has 3 heterocycles. The van der Waals surface area contributed by atoms with E-state index in [1.165, 1.54) is 44.4 Å². The molecule has 1 aliphatic carbocycles. The van der Waals surface area contributed by atoms with E-state index < -0.39 is 0 Å². The minimum atomic E-state index is 0.370. The Balaban J connectivity index is 1.30. The van der Waals surface area contributed by atoms with Crippen molar-refractivity contribution in [2.24, 2.45) is 10.9 Å². The lowest BCUT2D eigenvalue weighted by Gasteiger charge is -2.12. The van der Waals surface area contributed by atoms with Gasteiger partial charge in [0.25, 0.3) is 0 Å². The Morgan fingerprint density at radius 3 is 2.50 bits per heavy atom. The van der Waals surface area contributed by atoms with Gasteiger partial charge < -0.3 is 9.40 Å². The summed E-state index contributed by atoms with van der Waals surface area (Å²) in [7, 11) is 0. The molecule has 0 fully saturated rings. The molecule has 1 N–H and O–H groups in total. The molecular formula is C32H29N3O. The van der Waals surface area contributed by atoms with E-state index in [-0.39, 0.29) is 0 Å². The zero-order chi connectivity index (χ0) is 24.6. The number of nitrogens with zero attached hydrogens (tertiary/aromatic N) is 2. The van der Waals surface area contributed by atoms with Gasteiger partial charge in [-0.1, -0.05) is 58.0 Å². The van der Waals surface area contributed by atoms with Gasteiger partial charge in [0.2, 0.25) is 0 Å². The van der Waals surface area contributed by atoms with Crippen LogP contribution in [0.25, 0.3) is 49.7 Å². The first-order valence-corrected chi connectivity index (χ1v) is 12.9. The predicted molar refractivity (Wildman–Crippen MR) is 148 cm³/mol. The summed E-state index contributed by atoms with van der Waals surface area (Å²) < 4.78 is 6.07. The molecule has 0 spiro atoms. The molecule has 2 aliphatic rings. The average molecular weight is 472 g/mol. The average Bonchev–Trinajstić information content (AvgIpc) is 3.65. The number of imidazole rings is 1. The molecule has 0 amide bonds. The van der Waals surface area contributed by atoms with Crippen molar-refractivity contribution in [3.8, 4) is 22.4 Å². The van der Waals surface area contributed by atoms with Gasteiger partial charge >= 0.3 is 0 Å². The lowest BCUT2D eigenvalue weighted by Crippen LogP contribution is -2.05. The Labute approximate surface area is 210 Å². The molecule has 0 atom stereocenters. The highest BCUT2D eigenvalue weighted by molar-refractivity contribution is 6.13. The van der Waals surface area contributed by atoms with Crippen LogP contribution in [0.1, 0.15) is 57.0 Å². The highest BCUT2D eigenvalue weighted by atomic mass is 16.3. The SMILES string of the molecule is CC(C)C1=NC2=C(C1)c1ccc(-c3cc4ccc(-c5cnc(C(C)C)[nH]5)cc4c4ccoc34)cc1C2. The summed E-state index contributed by atoms with van der Waals surface area (Å²) in [4.78, 5) is 13.0. The first kappa shape index (κ1) is 21.4. The first-order valence-electron chi connectivity index (χ1n) is 12.9. The Hall–Kier alpha value is -3.92. The van der Waals surface area contributed by atoms with Gasteiger partial charge in [-0.25, -0.2) is 4.98 Å². The third kappa shape index (κ3) is 3.21. The van der Waals surface area contributed by atoms with Gasteiger partial charge in [0, 0.05) is 46.7 Å². The van der Waals surface area contributed by atoms with Gasteiger partial charge in [-0.2, -0.15) is 0 Å². The van der Waals surface area contributed by atoms with Crippen LogP contribution in [-0.2, 0) is 6.42 Å². The lowest BCUT2D eigenvalue weighted by molar-refractivity contribution is 0.617. The van der Waals surface area contributed by atoms with Crippen LogP contribution in [0.15, 0.2) is 76.1 Å². The summed E-state index contributed by atoms with van der Waals surface area (Å²) >= 11 is 0. The predicted octanol–water partition coefficient (Wildman–Crippen LogP) is 8.53. The van der Waals surface area contributed by atoms with Crippen molar-refractivity contribution in [1.82, 2.24) is 9.97 Å². The maximum atomic E-state index is 6.07. The van der Waals surface area contributed by atoms with Crippen LogP contribution in [-0.4, -0.2) is 15.7 Å². The van der Waals surface area contributed by atoms with Gasteiger partial charge in [-0.15, -0.1) is 0 Å². The molecule has 0 saturated carbocycles. The molecule has 1 aliphatic heterocycles. The summed E-state index contributed by atoms with van der Waals surface area (Å²) in [5.41, 5.74) is 12.2. The van der Waals surface area contributed by atoms with Crippen molar-refractivity contribution >= 4 is 33.0 Å². The number of furan rings is 1. The summed E-state index contributed by atoms with van der Waals surface area (Å²) in [5, 5.41) is 3.54. The second-order valence-corrected chi connectivity index (χ2v) is 10.8. The fourth-order valence-electron chi connectivity index (χ4n) is 5.70. The van der Waals surface area contributed by atoms with Crippen LogP contribution >= 0.6 is 0 Å². The number of fused-ring (bicyclic) bond motifs is 5. The molecule has 4 nitrogen and oxygen atoms in total. The van der Waals surface area contributed by atoms with Crippen LogP contribution in [0.5, 0.6) is 0 Å². The van der Waals surface area contributed by atoms with Crippen LogP contribution in [0, 0.1) is 5.92 Å². The van der Waals surface area contributed by atoms with E-state index >= 15 is 0 Å². The highest BCUT2D eigenvalue weighted by Crippen LogP contribution is 2.44. The molecule has 7 rings (SSSR count). The molecule has 178 valence electrons. The molecular weight excluding hydrogens is 442 g/mol. The standard InChI is InChI=1S/C32H29N3O/c1-17(2)28-15-27-23-8-7-19(11-22(23)14-29(27)34-28)26-12-20-5-6-21(30-16-33-32(35-30)18(3)4)13-25(20)24-9-10-36-31(24)26/h5-13,16-18H,14-15H2,1-4H3,(H,33,35). The monoisotopic (exact) mass is 471 g/mol. The van der Waals surface area contributed by atoms with Crippen molar-refractivity contribution in [1.29, 1.82) is 0 Å². The minimum absolute atomic E-state index is 0.370. The van der Waals surface area contributed by atoms with Crippen LogP contribution in [0.4, 0.5) is 0 Å². The van der Waals surface area contributed by atoms with Crippen molar-refractivity contribution in [3.05, 3.63) is 83.6 Å². The Morgan fingerprint density at radius 1 is 0.833 bits per heavy atom. The molecule has 0 saturated heterocycles. The second-order valence-electron chi connectivity index (χ2n) is 10.8. The first-order chi connectivity index (χ1) is 17.5. The van der Waals surface area contributed by atoms with Crippen molar-refractivity contribution in [2.45, 2.75) is 46.5 Å². The number of hydrogen-bond acceptors (Lipinski definition) is 3. The molecule has 2 aromatic heterocycles. The zero-order valence-electron chi connectivity index (χ0n) is 21.1. The van der Waals surface area contributed by atoms with E-state index in [1.807, 2.05) is 6.20 Å². The van der Waals surface area contributed by atoms with Gasteiger partial charge in [0.15, 0.2) is 0 Å². The number of hydrogen-bond donors (Lipinski definition) is 1. The largest absolute Gasteiger partial charge is 0.464 e. The van der Waals surface area contributed by atoms with Crippen LogP contribution in [0.2, 0.25) is 0 Å². The molecule has 0 radical (unpaired) electrons. The topological polar surface area (TPSA) is 54.2 Å². The fourth-order valence-corrected chi connectivity index (χ4v) is 5.70.